The molecule has 0 fully saturated rings. The number of hydrazone groups is 1. The van der Waals surface area contributed by atoms with Crippen LogP contribution in [0.4, 0.5) is 37.7 Å². The first kappa shape index (κ1) is 18.6. The number of amides is 1. The third-order valence-corrected chi connectivity index (χ3v) is 3.47. The summed E-state index contributed by atoms with van der Waals surface area (Å²) in [5, 5.41) is 5.18. The van der Waals surface area contributed by atoms with Crippen molar-refractivity contribution < 1.29 is 31.1 Å². The molecule has 1 aromatic carbocycles. The number of rotatable bonds is 2. The molecule has 1 aliphatic rings. The van der Waals surface area contributed by atoms with Gasteiger partial charge in [-0.15, -0.1) is 0 Å². The van der Waals surface area contributed by atoms with Gasteiger partial charge in [-0.05, 0) is 19.1 Å². The summed E-state index contributed by atoms with van der Waals surface area (Å²) in [4.78, 5) is 14.9. The number of nitrogens with zero attached hydrogens (tertiary/aromatic N) is 2. The molecule has 0 unspecified atom stereocenters. The van der Waals surface area contributed by atoms with E-state index in [1.807, 2.05) is 0 Å². The smallest absolute Gasteiger partial charge is 0.324 e. The Balaban J connectivity index is 2.21. The molecule has 5 nitrogen and oxygen atoms in total. The average Bonchev–Trinajstić information content (AvgIpc) is 2.90. The van der Waals surface area contributed by atoms with Crippen LogP contribution in [0.15, 0.2) is 23.3 Å². The number of alkyl halides is 6. The Morgan fingerprint density at radius 2 is 1.92 bits per heavy atom. The molecule has 1 heterocycles. The minimum absolute atomic E-state index is 0.298. The quantitative estimate of drug-likeness (QED) is 0.618. The lowest BCUT2D eigenvalue weighted by Crippen LogP contribution is -2.48. The van der Waals surface area contributed by atoms with Crippen LogP contribution in [0.3, 0.4) is 0 Å². The molecule has 0 radical (unpaired) electrons. The molecule has 2 N–H and O–H groups in total. The summed E-state index contributed by atoms with van der Waals surface area (Å²) >= 11 is 0. The Hall–Kier alpha value is -2.77. The average molecular weight is 364 g/mol. The van der Waals surface area contributed by atoms with E-state index in [2.05, 4.69) is 20.7 Å². The third-order valence-electron chi connectivity index (χ3n) is 3.47. The number of carbonyl (C=O) groups is 1. The fraction of sp³-hybridized carbons (Fsp3) is 0.357. The molecule has 1 atom stereocenters. The first-order chi connectivity index (χ1) is 11.4. The van der Waals surface area contributed by atoms with E-state index in [4.69, 9.17) is 6.57 Å². The van der Waals surface area contributed by atoms with Gasteiger partial charge in [-0.1, -0.05) is 6.07 Å². The number of halogens is 6. The maximum atomic E-state index is 12.9. The molecular formula is C14H10F6N4O. The fourth-order valence-electron chi connectivity index (χ4n) is 2.11. The second kappa shape index (κ2) is 5.94. The monoisotopic (exact) mass is 364 g/mol. The topological polar surface area (TPSA) is 57.9 Å². The second-order valence-corrected chi connectivity index (χ2v) is 5.47. The van der Waals surface area contributed by atoms with Gasteiger partial charge in [0.2, 0.25) is 0 Å². The van der Waals surface area contributed by atoms with Gasteiger partial charge in [-0.2, -0.15) is 31.4 Å². The SMILES string of the molecule is [C-]#[N+]c1ccc(NC(=O)[C@]2(C)CC(C(F)(F)F)=NN2)cc1C(F)(F)F. The molecule has 0 spiro atoms. The normalized spacial score (nSPS) is 20.5. The van der Waals surface area contributed by atoms with Crippen LogP contribution in [0.2, 0.25) is 0 Å². The molecule has 25 heavy (non-hydrogen) atoms. The summed E-state index contributed by atoms with van der Waals surface area (Å²) < 4.78 is 76.5. The summed E-state index contributed by atoms with van der Waals surface area (Å²) in [7, 11) is 0. The van der Waals surface area contributed by atoms with Gasteiger partial charge in [0.25, 0.3) is 5.91 Å². The van der Waals surface area contributed by atoms with Crippen molar-refractivity contribution in [3.05, 3.63) is 35.2 Å². The summed E-state index contributed by atoms with van der Waals surface area (Å²) in [6.45, 7) is 7.87. The predicted molar refractivity (Wildman–Crippen MR) is 76.0 cm³/mol. The fourth-order valence-corrected chi connectivity index (χ4v) is 2.11. The molecule has 0 saturated carbocycles. The van der Waals surface area contributed by atoms with Crippen molar-refractivity contribution >= 4 is 23.0 Å². The van der Waals surface area contributed by atoms with Crippen molar-refractivity contribution in [2.75, 3.05) is 5.32 Å². The summed E-state index contributed by atoms with van der Waals surface area (Å²) in [6.07, 6.45) is -10.3. The van der Waals surface area contributed by atoms with Crippen molar-refractivity contribution in [2.45, 2.75) is 31.2 Å². The van der Waals surface area contributed by atoms with Crippen molar-refractivity contribution in [2.24, 2.45) is 5.10 Å². The third kappa shape index (κ3) is 3.84. The summed E-state index contributed by atoms with van der Waals surface area (Å²) in [5.74, 6) is -0.987. The Morgan fingerprint density at radius 3 is 2.40 bits per heavy atom. The van der Waals surface area contributed by atoms with Gasteiger partial charge in [0.15, 0.2) is 5.69 Å². The molecule has 0 bridgehead atoms. The zero-order valence-corrected chi connectivity index (χ0v) is 12.5. The van der Waals surface area contributed by atoms with Gasteiger partial charge < -0.3 is 5.32 Å². The van der Waals surface area contributed by atoms with Gasteiger partial charge in [-0.25, -0.2) is 4.85 Å². The molecule has 0 aliphatic carbocycles. The number of benzene rings is 1. The van der Waals surface area contributed by atoms with Gasteiger partial charge in [0, 0.05) is 12.1 Å². The number of carbonyl (C=O) groups excluding carboxylic acids is 1. The molecule has 0 aromatic heterocycles. The first-order valence-electron chi connectivity index (χ1n) is 6.68. The predicted octanol–water partition coefficient (Wildman–Crippen LogP) is 3.86. The van der Waals surface area contributed by atoms with Crippen LogP contribution in [0, 0.1) is 6.57 Å². The molecule has 1 aromatic rings. The van der Waals surface area contributed by atoms with E-state index in [9.17, 15) is 31.1 Å². The van der Waals surface area contributed by atoms with Crippen LogP contribution in [0.5, 0.6) is 0 Å². The van der Waals surface area contributed by atoms with Crippen molar-refractivity contribution in [3.63, 3.8) is 0 Å². The molecule has 2 rings (SSSR count). The van der Waals surface area contributed by atoms with Crippen LogP contribution in [0.25, 0.3) is 4.85 Å². The molecule has 1 amide bonds. The van der Waals surface area contributed by atoms with Gasteiger partial charge >= 0.3 is 12.4 Å². The van der Waals surface area contributed by atoms with Gasteiger partial charge in [0.1, 0.15) is 11.3 Å². The molecule has 1 aliphatic heterocycles. The molecular weight excluding hydrogens is 354 g/mol. The Labute approximate surface area is 137 Å². The zero-order chi connectivity index (χ0) is 19.0. The number of hydrogen-bond acceptors (Lipinski definition) is 3. The Morgan fingerprint density at radius 1 is 1.28 bits per heavy atom. The minimum atomic E-state index is -4.82. The number of anilines is 1. The van der Waals surface area contributed by atoms with Gasteiger partial charge in [0.05, 0.1) is 12.1 Å². The van der Waals surface area contributed by atoms with Crippen LogP contribution < -0.4 is 10.7 Å². The lowest BCUT2D eigenvalue weighted by Gasteiger charge is -2.23. The standard InChI is InChI=1S/C14H10F6N4O/c1-12(6-10(23-24-12)14(18,19)20)11(25)22-7-3-4-9(21-2)8(5-7)13(15,16)17/h3-5,24H,6H2,1H3,(H,22,25)/t12-/m0/s1. The van der Waals surface area contributed by atoms with Gasteiger partial charge in [-0.3, -0.25) is 10.2 Å². The van der Waals surface area contributed by atoms with E-state index >= 15 is 0 Å². The maximum absolute atomic E-state index is 12.9. The van der Waals surface area contributed by atoms with Crippen LogP contribution in [-0.4, -0.2) is 23.3 Å². The molecule has 11 heteroatoms. The highest BCUT2D eigenvalue weighted by Gasteiger charge is 2.48. The van der Waals surface area contributed by atoms with Crippen molar-refractivity contribution in [1.29, 1.82) is 0 Å². The lowest BCUT2D eigenvalue weighted by atomic mass is 9.95. The number of nitrogens with one attached hydrogen (secondary N) is 2. The second-order valence-electron chi connectivity index (χ2n) is 5.47. The van der Waals surface area contributed by atoms with E-state index in [-0.39, 0.29) is 5.69 Å². The maximum Gasteiger partial charge on any atom is 0.431 e. The lowest BCUT2D eigenvalue weighted by molar-refractivity contribution is -0.136. The number of hydrogen-bond donors (Lipinski definition) is 2. The van der Waals surface area contributed by atoms with Crippen LogP contribution in [-0.2, 0) is 11.0 Å². The van der Waals surface area contributed by atoms with E-state index in [0.717, 1.165) is 19.1 Å². The zero-order valence-electron chi connectivity index (χ0n) is 12.5. The highest BCUT2D eigenvalue weighted by molar-refractivity contribution is 6.04. The van der Waals surface area contributed by atoms with E-state index < -0.39 is 47.2 Å². The molecule has 0 saturated heterocycles. The van der Waals surface area contributed by atoms with E-state index in [0.29, 0.717) is 6.07 Å². The highest BCUT2D eigenvalue weighted by Crippen LogP contribution is 2.38. The highest BCUT2D eigenvalue weighted by atomic mass is 19.4. The Kier molecular flexibility index (Phi) is 4.42. The summed E-state index contributed by atoms with van der Waals surface area (Å²) in [5.41, 5.74) is -3.10. The Bertz CT molecular complexity index is 777. The van der Waals surface area contributed by atoms with Crippen LogP contribution >= 0.6 is 0 Å². The minimum Gasteiger partial charge on any atom is -0.324 e. The van der Waals surface area contributed by atoms with Crippen LogP contribution in [0.1, 0.15) is 18.9 Å². The molecule has 134 valence electrons. The largest absolute Gasteiger partial charge is 0.431 e. The van der Waals surface area contributed by atoms with Crippen molar-refractivity contribution in [1.82, 2.24) is 5.43 Å². The summed E-state index contributed by atoms with van der Waals surface area (Å²) in [6, 6.07) is 2.48. The van der Waals surface area contributed by atoms with E-state index in [1.54, 1.807) is 0 Å². The van der Waals surface area contributed by atoms with E-state index in [1.165, 1.54) is 0 Å². The van der Waals surface area contributed by atoms with Crippen molar-refractivity contribution in [3.8, 4) is 0 Å². The first-order valence-corrected chi connectivity index (χ1v) is 6.68.